The highest BCUT2D eigenvalue weighted by atomic mass is 16.6. The van der Waals surface area contributed by atoms with Crippen molar-refractivity contribution in [1.29, 1.82) is 0 Å². The molecule has 2 saturated heterocycles. The van der Waals surface area contributed by atoms with E-state index in [2.05, 4.69) is 24.3 Å². The SMILES string of the molecule is Cc1ccc(N2C[C@H](C(=O)Oc3ccc(N4C(=O)[C@@H]5C6c7ccccc7C(c7ccccc76)[C@H]5C4=O)cc3)CC2=O)cc1[N+](=O)[O-]. The zero-order valence-electron chi connectivity index (χ0n) is 24.7. The lowest BCUT2D eigenvalue weighted by Crippen LogP contribution is -2.41. The molecule has 0 spiro atoms. The fourth-order valence-corrected chi connectivity index (χ4v) is 7.87. The van der Waals surface area contributed by atoms with Crippen LogP contribution in [0.1, 0.15) is 46.1 Å². The number of nitro benzene ring substituents is 1. The summed E-state index contributed by atoms with van der Waals surface area (Å²) in [6.45, 7) is 1.65. The second kappa shape index (κ2) is 10.2. The molecule has 2 bridgehead atoms. The van der Waals surface area contributed by atoms with Crippen molar-refractivity contribution >= 4 is 40.8 Å². The van der Waals surface area contributed by atoms with Gasteiger partial charge in [-0.1, -0.05) is 54.6 Å². The summed E-state index contributed by atoms with van der Waals surface area (Å²) in [7, 11) is 0. The van der Waals surface area contributed by atoms with Gasteiger partial charge in [0.25, 0.3) is 5.69 Å². The highest BCUT2D eigenvalue weighted by Crippen LogP contribution is 2.61. The molecule has 4 aromatic rings. The van der Waals surface area contributed by atoms with Crippen LogP contribution >= 0.6 is 0 Å². The van der Waals surface area contributed by atoms with Gasteiger partial charge in [0.05, 0.1) is 34.1 Å². The van der Waals surface area contributed by atoms with Gasteiger partial charge in [-0.15, -0.1) is 0 Å². The minimum absolute atomic E-state index is 0.0304. The lowest BCUT2D eigenvalue weighted by molar-refractivity contribution is -0.385. The summed E-state index contributed by atoms with van der Waals surface area (Å²) in [5, 5.41) is 11.4. The van der Waals surface area contributed by atoms with Crippen LogP contribution in [0, 0.1) is 34.8 Å². The van der Waals surface area contributed by atoms with Gasteiger partial charge in [0.15, 0.2) is 0 Å². The molecule has 0 aromatic heterocycles. The van der Waals surface area contributed by atoms with E-state index >= 15 is 0 Å². The molecule has 0 radical (unpaired) electrons. The molecular formula is C36H27N3O7. The molecule has 2 fully saturated rings. The topological polar surface area (TPSA) is 127 Å². The van der Waals surface area contributed by atoms with Crippen LogP contribution in [0.4, 0.5) is 17.1 Å². The third kappa shape index (κ3) is 4.02. The normalized spacial score (nSPS) is 24.1. The lowest BCUT2D eigenvalue weighted by Gasteiger charge is -2.45. The van der Waals surface area contributed by atoms with E-state index in [0.29, 0.717) is 16.9 Å². The molecule has 9 rings (SSSR count). The highest BCUT2D eigenvalue weighted by molar-refractivity contribution is 6.23. The Hall–Kier alpha value is -5.64. The van der Waals surface area contributed by atoms with E-state index in [1.165, 1.54) is 28.0 Å². The molecule has 2 aliphatic heterocycles. The fraction of sp³-hybridized carbons (Fsp3) is 0.222. The van der Waals surface area contributed by atoms with Gasteiger partial charge in [-0.3, -0.25) is 29.3 Å². The number of hydrogen-bond acceptors (Lipinski definition) is 7. The Labute approximate surface area is 263 Å². The van der Waals surface area contributed by atoms with Gasteiger partial charge >= 0.3 is 5.97 Å². The lowest BCUT2D eigenvalue weighted by atomic mass is 9.55. The molecule has 5 aliphatic rings. The molecule has 10 nitrogen and oxygen atoms in total. The van der Waals surface area contributed by atoms with Gasteiger partial charge < -0.3 is 9.64 Å². The first-order valence-corrected chi connectivity index (χ1v) is 15.2. The fourth-order valence-electron chi connectivity index (χ4n) is 7.87. The van der Waals surface area contributed by atoms with Crippen molar-refractivity contribution in [3.8, 4) is 5.75 Å². The van der Waals surface area contributed by atoms with Gasteiger partial charge in [0.2, 0.25) is 17.7 Å². The first-order valence-electron chi connectivity index (χ1n) is 15.2. The maximum Gasteiger partial charge on any atom is 0.316 e. The number of amides is 3. The van der Waals surface area contributed by atoms with Crippen LogP contribution in [0.15, 0.2) is 91.0 Å². The summed E-state index contributed by atoms with van der Waals surface area (Å²) in [6, 6.07) is 26.9. The Morgan fingerprint density at radius 2 is 1.30 bits per heavy atom. The zero-order valence-corrected chi connectivity index (χ0v) is 24.7. The number of carbonyl (C=O) groups excluding carboxylic acids is 4. The third-order valence-electron chi connectivity index (χ3n) is 9.92. The quantitative estimate of drug-likeness (QED) is 0.0988. The average molecular weight is 614 g/mol. The van der Waals surface area contributed by atoms with Crippen molar-refractivity contribution in [2.75, 3.05) is 16.3 Å². The predicted octanol–water partition coefficient (Wildman–Crippen LogP) is 5.26. The molecule has 3 amide bonds. The third-order valence-corrected chi connectivity index (χ3v) is 9.92. The van der Waals surface area contributed by atoms with Gasteiger partial charge in [-0.05, 0) is 59.5 Å². The van der Waals surface area contributed by atoms with Crippen molar-refractivity contribution in [2.24, 2.45) is 17.8 Å². The standard InChI is InChI=1S/C36H27N3O7/c1-19-10-11-22(17-28(19)39(44)45)37-18-20(16-29(37)40)36(43)46-23-14-12-21(13-15-23)38-34(41)32-30-24-6-2-3-7-25(24)31(33(32)35(38)42)27-9-5-4-8-26(27)30/h2-15,17,20,30-33H,16,18H2,1H3/t20-,30?,31?,32-,33-/m1/s1. The molecule has 46 heavy (non-hydrogen) atoms. The van der Waals surface area contributed by atoms with E-state index in [1.807, 2.05) is 24.3 Å². The number of imide groups is 1. The second-order valence-corrected chi connectivity index (χ2v) is 12.3. The average Bonchev–Trinajstić information content (AvgIpc) is 3.58. The molecule has 4 aromatic carbocycles. The van der Waals surface area contributed by atoms with Crippen molar-refractivity contribution in [3.05, 3.63) is 129 Å². The predicted molar refractivity (Wildman–Crippen MR) is 166 cm³/mol. The van der Waals surface area contributed by atoms with E-state index in [-0.39, 0.29) is 54.0 Å². The molecule has 0 saturated carbocycles. The Bertz CT molecular complexity index is 1890. The van der Waals surface area contributed by atoms with Gasteiger partial charge in [-0.25, -0.2) is 4.90 Å². The molecule has 0 unspecified atom stereocenters. The van der Waals surface area contributed by atoms with Gasteiger partial charge in [0, 0.05) is 36.4 Å². The Morgan fingerprint density at radius 1 is 0.783 bits per heavy atom. The minimum Gasteiger partial charge on any atom is -0.426 e. The number of hydrogen-bond donors (Lipinski definition) is 0. The zero-order chi connectivity index (χ0) is 31.9. The molecule has 2 heterocycles. The van der Waals surface area contributed by atoms with Crippen LogP contribution in [-0.2, 0) is 19.2 Å². The van der Waals surface area contributed by atoms with Gasteiger partial charge in [-0.2, -0.15) is 0 Å². The second-order valence-electron chi connectivity index (χ2n) is 12.3. The Kier molecular flexibility index (Phi) is 6.18. The van der Waals surface area contributed by atoms with Crippen LogP contribution in [0.25, 0.3) is 0 Å². The molecule has 10 heteroatoms. The number of aryl methyl sites for hydroxylation is 1. The number of nitrogens with zero attached hydrogens (tertiary/aromatic N) is 3. The van der Waals surface area contributed by atoms with Crippen molar-refractivity contribution in [2.45, 2.75) is 25.2 Å². The van der Waals surface area contributed by atoms with Crippen LogP contribution < -0.4 is 14.5 Å². The number of rotatable bonds is 5. The largest absolute Gasteiger partial charge is 0.426 e. The number of esters is 1. The first kappa shape index (κ1) is 27.9. The van der Waals surface area contributed by atoms with E-state index in [1.54, 1.807) is 31.2 Å². The molecule has 0 N–H and O–H groups in total. The Morgan fingerprint density at radius 3 is 1.83 bits per heavy atom. The number of nitro groups is 1. The number of ether oxygens (including phenoxy) is 1. The maximum absolute atomic E-state index is 14.0. The van der Waals surface area contributed by atoms with Crippen molar-refractivity contribution in [3.63, 3.8) is 0 Å². The summed E-state index contributed by atoms with van der Waals surface area (Å²) in [5.41, 5.74) is 5.52. The monoisotopic (exact) mass is 613 g/mol. The maximum atomic E-state index is 14.0. The van der Waals surface area contributed by atoms with Crippen molar-refractivity contribution in [1.82, 2.24) is 0 Å². The number of carbonyl (C=O) groups is 4. The Balaban J connectivity index is 1.00. The first-order chi connectivity index (χ1) is 22.2. The summed E-state index contributed by atoms with van der Waals surface area (Å²) in [4.78, 5) is 67.3. The summed E-state index contributed by atoms with van der Waals surface area (Å²) in [6.07, 6.45) is -0.0920. The molecule has 3 atom stereocenters. The number of anilines is 2. The van der Waals surface area contributed by atoms with E-state index < -0.39 is 28.6 Å². The summed E-state index contributed by atoms with van der Waals surface area (Å²) >= 11 is 0. The molecule has 228 valence electrons. The van der Waals surface area contributed by atoms with Crippen molar-refractivity contribution < 1.29 is 28.8 Å². The summed E-state index contributed by atoms with van der Waals surface area (Å²) < 4.78 is 5.59. The van der Waals surface area contributed by atoms with E-state index in [9.17, 15) is 29.3 Å². The van der Waals surface area contributed by atoms with E-state index in [0.717, 1.165) is 22.3 Å². The molecular weight excluding hydrogens is 586 g/mol. The van der Waals surface area contributed by atoms with Crippen LogP contribution in [-0.4, -0.2) is 35.2 Å². The highest BCUT2D eigenvalue weighted by Gasteiger charge is 2.61. The minimum atomic E-state index is -0.767. The molecule has 3 aliphatic carbocycles. The summed E-state index contributed by atoms with van der Waals surface area (Å²) in [5.74, 6) is -3.39. The van der Waals surface area contributed by atoms with Gasteiger partial charge in [0.1, 0.15) is 5.75 Å². The van der Waals surface area contributed by atoms with Crippen LogP contribution in [0.5, 0.6) is 5.75 Å². The van der Waals surface area contributed by atoms with Crippen LogP contribution in [0.3, 0.4) is 0 Å². The number of benzene rings is 4. The smallest absolute Gasteiger partial charge is 0.316 e. The van der Waals surface area contributed by atoms with E-state index in [4.69, 9.17) is 4.74 Å². The van der Waals surface area contributed by atoms with Crippen LogP contribution in [0.2, 0.25) is 0 Å².